The molecule has 0 saturated carbocycles. The first-order chi connectivity index (χ1) is 5.20. The lowest BCUT2D eigenvalue weighted by Gasteiger charge is -2.13. The highest BCUT2D eigenvalue weighted by Crippen LogP contribution is 2.22. The van der Waals surface area contributed by atoms with Crippen LogP contribution in [0.15, 0.2) is 0 Å². The van der Waals surface area contributed by atoms with E-state index in [0.29, 0.717) is 12.8 Å². The van der Waals surface area contributed by atoms with E-state index in [1.807, 2.05) is 7.05 Å². The third-order valence-corrected chi connectivity index (χ3v) is 2.35. The maximum atomic E-state index is 12.2. The largest absolute Gasteiger partial charge is 0.306 e. The van der Waals surface area contributed by atoms with Gasteiger partial charge in [-0.05, 0) is 39.4 Å². The average Bonchev–Trinajstić information content (AvgIpc) is 2.13. The summed E-state index contributed by atoms with van der Waals surface area (Å²) in [6.45, 7) is 1.80. The standard InChI is InChI=1S/C8H15F2N/c1-11-5-2-3-7(4-6-11)8(9)10/h7-8H,2-6H2,1H3/t7-/m1/s1. The minimum absolute atomic E-state index is 0.347. The van der Waals surface area contributed by atoms with Crippen molar-refractivity contribution in [3.05, 3.63) is 0 Å². The summed E-state index contributed by atoms with van der Waals surface area (Å²) in [5.41, 5.74) is 0. The lowest BCUT2D eigenvalue weighted by Crippen LogP contribution is -2.19. The van der Waals surface area contributed by atoms with Crippen molar-refractivity contribution in [2.45, 2.75) is 25.7 Å². The molecule has 66 valence electrons. The second-order valence-corrected chi connectivity index (χ2v) is 3.33. The van der Waals surface area contributed by atoms with Gasteiger partial charge in [0, 0.05) is 5.92 Å². The molecule has 3 heteroatoms. The van der Waals surface area contributed by atoms with Crippen LogP contribution in [0.5, 0.6) is 0 Å². The summed E-state index contributed by atoms with van der Waals surface area (Å²) in [4.78, 5) is 2.13. The molecule has 1 heterocycles. The average molecular weight is 163 g/mol. The van der Waals surface area contributed by atoms with Crippen molar-refractivity contribution in [2.24, 2.45) is 5.92 Å². The Bertz CT molecular complexity index is 117. The SMILES string of the molecule is CN1CCC[C@@H](C(F)F)CC1. The zero-order valence-electron chi connectivity index (χ0n) is 6.89. The Balaban J connectivity index is 2.34. The maximum Gasteiger partial charge on any atom is 0.241 e. The predicted molar refractivity (Wildman–Crippen MR) is 40.8 cm³/mol. The molecule has 0 amide bonds. The van der Waals surface area contributed by atoms with Crippen LogP contribution in [-0.4, -0.2) is 31.5 Å². The summed E-state index contributed by atoms with van der Waals surface area (Å²) >= 11 is 0. The molecule has 0 aliphatic carbocycles. The van der Waals surface area contributed by atoms with Crippen LogP contribution < -0.4 is 0 Å². The van der Waals surface area contributed by atoms with Gasteiger partial charge >= 0.3 is 0 Å². The number of alkyl halides is 2. The lowest BCUT2D eigenvalue weighted by molar-refractivity contribution is 0.0692. The Hall–Kier alpha value is -0.180. The van der Waals surface area contributed by atoms with Crippen molar-refractivity contribution in [2.75, 3.05) is 20.1 Å². The molecule has 0 aromatic heterocycles. The monoisotopic (exact) mass is 163 g/mol. The number of hydrogen-bond acceptors (Lipinski definition) is 1. The van der Waals surface area contributed by atoms with E-state index in [-0.39, 0.29) is 5.92 Å². The summed E-state index contributed by atoms with van der Waals surface area (Å²) in [6.07, 6.45) is 0.170. The van der Waals surface area contributed by atoms with Crippen LogP contribution >= 0.6 is 0 Å². The van der Waals surface area contributed by atoms with E-state index in [0.717, 1.165) is 19.5 Å². The van der Waals surface area contributed by atoms with Crippen molar-refractivity contribution >= 4 is 0 Å². The zero-order chi connectivity index (χ0) is 8.27. The molecular formula is C8H15F2N. The number of nitrogens with zero attached hydrogens (tertiary/aromatic N) is 1. The minimum Gasteiger partial charge on any atom is -0.306 e. The van der Waals surface area contributed by atoms with Gasteiger partial charge in [0.25, 0.3) is 0 Å². The predicted octanol–water partition coefficient (Wildman–Crippen LogP) is 1.98. The van der Waals surface area contributed by atoms with Crippen molar-refractivity contribution in [3.8, 4) is 0 Å². The van der Waals surface area contributed by atoms with Crippen LogP contribution in [-0.2, 0) is 0 Å². The van der Waals surface area contributed by atoms with Gasteiger partial charge < -0.3 is 4.90 Å². The third kappa shape index (κ3) is 2.73. The van der Waals surface area contributed by atoms with Crippen molar-refractivity contribution < 1.29 is 8.78 Å². The second kappa shape index (κ2) is 4.00. The maximum absolute atomic E-state index is 12.2. The number of likely N-dealkylation sites (tertiary alicyclic amines) is 1. The van der Waals surface area contributed by atoms with Gasteiger partial charge in [-0.2, -0.15) is 0 Å². The molecule has 1 aliphatic heterocycles. The Morgan fingerprint density at radius 3 is 2.64 bits per heavy atom. The zero-order valence-corrected chi connectivity index (χ0v) is 6.89. The normalized spacial score (nSPS) is 28.9. The number of halogens is 2. The van der Waals surface area contributed by atoms with Gasteiger partial charge in [-0.15, -0.1) is 0 Å². The van der Waals surface area contributed by atoms with Gasteiger partial charge in [-0.1, -0.05) is 0 Å². The van der Waals surface area contributed by atoms with E-state index in [9.17, 15) is 8.78 Å². The van der Waals surface area contributed by atoms with Crippen molar-refractivity contribution in [3.63, 3.8) is 0 Å². The van der Waals surface area contributed by atoms with Crippen molar-refractivity contribution in [1.82, 2.24) is 4.90 Å². The molecule has 0 unspecified atom stereocenters. The fourth-order valence-electron chi connectivity index (χ4n) is 1.52. The summed E-state index contributed by atoms with van der Waals surface area (Å²) in [5, 5.41) is 0. The lowest BCUT2D eigenvalue weighted by atomic mass is 10.0. The molecular weight excluding hydrogens is 148 g/mol. The van der Waals surface area contributed by atoms with Crippen LogP contribution in [0.4, 0.5) is 8.78 Å². The first kappa shape index (κ1) is 8.91. The molecule has 0 aromatic rings. The molecule has 0 N–H and O–H groups in total. The molecule has 0 radical (unpaired) electrons. The highest BCUT2D eigenvalue weighted by molar-refractivity contribution is 4.69. The number of rotatable bonds is 1. The summed E-state index contributed by atoms with van der Waals surface area (Å²) in [5.74, 6) is -0.347. The van der Waals surface area contributed by atoms with Gasteiger partial charge in [0.05, 0.1) is 0 Å². The molecule has 1 fully saturated rings. The fraction of sp³-hybridized carbons (Fsp3) is 1.00. The number of hydrogen-bond donors (Lipinski definition) is 0. The molecule has 1 atom stereocenters. The van der Waals surface area contributed by atoms with Gasteiger partial charge in [-0.3, -0.25) is 0 Å². The van der Waals surface area contributed by atoms with E-state index in [1.54, 1.807) is 0 Å². The van der Waals surface area contributed by atoms with Crippen LogP contribution in [0, 0.1) is 5.92 Å². The summed E-state index contributed by atoms with van der Waals surface area (Å²) < 4.78 is 24.4. The van der Waals surface area contributed by atoms with Gasteiger partial charge in [0.1, 0.15) is 0 Å². The second-order valence-electron chi connectivity index (χ2n) is 3.33. The van der Waals surface area contributed by atoms with Crippen LogP contribution in [0.1, 0.15) is 19.3 Å². The highest BCUT2D eigenvalue weighted by atomic mass is 19.3. The minimum atomic E-state index is -2.11. The van der Waals surface area contributed by atoms with Gasteiger partial charge in [-0.25, -0.2) is 8.78 Å². The van der Waals surface area contributed by atoms with Crippen LogP contribution in [0.25, 0.3) is 0 Å². The molecule has 0 aromatic carbocycles. The van der Waals surface area contributed by atoms with E-state index in [4.69, 9.17) is 0 Å². The molecule has 1 aliphatic rings. The first-order valence-corrected chi connectivity index (χ1v) is 4.17. The molecule has 1 nitrogen and oxygen atoms in total. The topological polar surface area (TPSA) is 3.24 Å². The molecule has 1 rings (SSSR count). The molecule has 0 bridgehead atoms. The van der Waals surface area contributed by atoms with E-state index in [2.05, 4.69) is 4.90 Å². The van der Waals surface area contributed by atoms with Crippen molar-refractivity contribution in [1.29, 1.82) is 0 Å². The van der Waals surface area contributed by atoms with Gasteiger partial charge in [0.2, 0.25) is 6.43 Å². The Kier molecular flexibility index (Phi) is 3.24. The highest BCUT2D eigenvalue weighted by Gasteiger charge is 2.22. The third-order valence-electron chi connectivity index (χ3n) is 2.35. The molecule has 0 spiro atoms. The molecule has 1 saturated heterocycles. The van der Waals surface area contributed by atoms with E-state index < -0.39 is 6.43 Å². The van der Waals surface area contributed by atoms with Crippen LogP contribution in [0.2, 0.25) is 0 Å². The van der Waals surface area contributed by atoms with Gasteiger partial charge in [0.15, 0.2) is 0 Å². The quantitative estimate of drug-likeness (QED) is 0.571. The first-order valence-electron chi connectivity index (χ1n) is 4.17. The Morgan fingerprint density at radius 1 is 1.27 bits per heavy atom. The fourth-order valence-corrected chi connectivity index (χ4v) is 1.52. The Labute approximate surface area is 66.4 Å². The van der Waals surface area contributed by atoms with E-state index in [1.165, 1.54) is 0 Å². The Morgan fingerprint density at radius 2 is 2.00 bits per heavy atom. The molecule has 11 heavy (non-hydrogen) atoms. The van der Waals surface area contributed by atoms with Crippen LogP contribution in [0.3, 0.4) is 0 Å². The van der Waals surface area contributed by atoms with E-state index >= 15 is 0 Å². The smallest absolute Gasteiger partial charge is 0.241 e. The summed E-state index contributed by atoms with van der Waals surface area (Å²) in [7, 11) is 1.99. The summed E-state index contributed by atoms with van der Waals surface area (Å²) in [6, 6.07) is 0.